The molecule has 2 N–H and O–H groups in total. The molecule has 0 radical (unpaired) electrons. The molecular formula is C14H22N2. The molecule has 0 bridgehead atoms. The Labute approximate surface area is 98.4 Å². The number of nitrogens with zero attached hydrogens (tertiary/aromatic N) is 1. The van der Waals surface area contributed by atoms with E-state index >= 15 is 0 Å². The molecule has 88 valence electrons. The van der Waals surface area contributed by atoms with Gasteiger partial charge in [0.05, 0.1) is 0 Å². The zero-order valence-electron chi connectivity index (χ0n) is 10.2. The Morgan fingerprint density at radius 2 is 2.06 bits per heavy atom. The smallest absolute Gasteiger partial charge is 0.0314 e. The number of nitrogen functional groups attached to an aromatic ring is 1. The van der Waals surface area contributed by atoms with Gasteiger partial charge in [-0.25, -0.2) is 0 Å². The Balaban J connectivity index is 1.73. The van der Waals surface area contributed by atoms with Crippen LogP contribution in [0, 0.1) is 0 Å². The molecule has 0 saturated carbocycles. The van der Waals surface area contributed by atoms with Gasteiger partial charge in [0.1, 0.15) is 0 Å². The SMILES string of the molecule is CC1CCCN1CCCc1ccc(N)cc1. The van der Waals surface area contributed by atoms with Gasteiger partial charge in [-0.2, -0.15) is 0 Å². The fourth-order valence-electron chi connectivity index (χ4n) is 2.50. The Kier molecular flexibility index (Phi) is 3.83. The molecule has 0 aromatic heterocycles. The number of hydrogen-bond donors (Lipinski definition) is 1. The van der Waals surface area contributed by atoms with Crippen LogP contribution in [-0.2, 0) is 6.42 Å². The molecule has 1 saturated heterocycles. The second kappa shape index (κ2) is 5.35. The molecule has 1 aromatic carbocycles. The highest BCUT2D eigenvalue weighted by Gasteiger charge is 2.18. The molecular weight excluding hydrogens is 196 g/mol. The summed E-state index contributed by atoms with van der Waals surface area (Å²) in [5, 5.41) is 0. The van der Waals surface area contributed by atoms with Gasteiger partial charge in [0.2, 0.25) is 0 Å². The number of likely N-dealkylation sites (tertiary alicyclic amines) is 1. The van der Waals surface area contributed by atoms with Gasteiger partial charge >= 0.3 is 0 Å². The van der Waals surface area contributed by atoms with E-state index in [1.807, 2.05) is 12.1 Å². The van der Waals surface area contributed by atoms with Crippen molar-refractivity contribution in [3.8, 4) is 0 Å². The Hall–Kier alpha value is -1.02. The van der Waals surface area contributed by atoms with Gasteiger partial charge in [-0.1, -0.05) is 12.1 Å². The highest BCUT2D eigenvalue weighted by molar-refractivity contribution is 5.39. The Morgan fingerprint density at radius 1 is 1.31 bits per heavy atom. The molecule has 0 spiro atoms. The molecule has 1 heterocycles. The maximum atomic E-state index is 5.66. The summed E-state index contributed by atoms with van der Waals surface area (Å²) in [6, 6.07) is 9.07. The largest absolute Gasteiger partial charge is 0.399 e. The molecule has 1 atom stereocenters. The summed E-state index contributed by atoms with van der Waals surface area (Å²) >= 11 is 0. The van der Waals surface area contributed by atoms with Gasteiger partial charge in [-0.15, -0.1) is 0 Å². The number of benzene rings is 1. The van der Waals surface area contributed by atoms with Crippen LogP contribution in [0.15, 0.2) is 24.3 Å². The molecule has 0 aliphatic carbocycles. The lowest BCUT2D eigenvalue weighted by Crippen LogP contribution is -2.28. The molecule has 1 aliphatic rings. The lowest BCUT2D eigenvalue weighted by atomic mass is 10.1. The summed E-state index contributed by atoms with van der Waals surface area (Å²) in [5.41, 5.74) is 7.93. The maximum absolute atomic E-state index is 5.66. The number of hydrogen-bond acceptors (Lipinski definition) is 2. The standard InChI is InChI=1S/C14H22N2/c1-12-4-2-10-16(12)11-3-5-13-6-8-14(15)9-7-13/h6-9,12H,2-5,10-11,15H2,1H3. The summed E-state index contributed by atoms with van der Waals surface area (Å²) in [7, 11) is 0. The topological polar surface area (TPSA) is 29.3 Å². The number of rotatable bonds is 4. The first-order valence-corrected chi connectivity index (χ1v) is 6.34. The van der Waals surface area contributed by atoms with Gasteiger partial charge in [0, 0.05) is 11.7 Å². The second-order valence-corrected chi connectivity index (χ2v) is 4.87. The summed E-state index contributed by atoms with van der Waals surface area (Å²) in [4.78, 5) is 2.61. The van der Waals surface area contributed by atoms with E-state index in [2.05, 4.69) is 24.0 Å². The van der Waals surface area contributed by atoms with Crippen molar-refractivity contribution < 1.29 is 0 Å². The molecule has 1 unspecified atom stereocenters. The molecule has 1 fully saturated rings. The van der Waals surface area contributed by atoms with Crippen LogP contribution in [-0.4, -0.2) is 24.0 Å². The predicted octanol–water partition coefficient (Wildman–Crippen LogP) is 2.69. The Morgan fingerprint density at radius 3 is 2.69 bits per heavy atom. The van der Waals surface area contributed by atoms with Crippen molar-refractivity contribution in [1.82, 2.24) is 4.90 Å². The number of anilines is 1. The number of aryl methyl sites for hydroxylation is 1. The molecule has 16 heavy (non-hydrogen) atoms. The average molecular weight is 218 g/mol. The van der Waals surface area contributed by atoms with Gasteiger partial charge in [-0.05, 0) is 63.4 Å². The van der Waals surface area contributed by atoms with E-state index in [1.54, 1.807) is 0 Å². The minimum absolute atomic E-state index is 0.798. The summed E-state index contributed by atoms with van der Waals surface area (Å²) in [5.74, 6) is 0. The molecule has 2 heteroatoms. The minimum Gasteiger partial charge on any atom is -0.399 e. The van der Waals surface area contributed by atoms with E-state index in [-0.39, 0.29) is 0 Å². The fourth-order valence-corrected chi connectivity index (χ4v) is 2.50. The van der Waals surface area contributed by atoms with Crippen LogP contribution in [0.2, 0.25) is 0 Å². The molecule has 1 aromatic rings. The lowest BCUT2D eigenvalue weighted by molar-refractivity contribution is 0.265. The van der Waals surface area contributed by atoms with Gasteiger partial charge in [0.25, 0.3) is 0 Å². The van der Waals surface area contributed by atoms with Crippen LogP contribution in [0.5, 0.6) is 0 Å². The minimum atomic E-state index is 0.798. The Bertz CT molecular complexity index is 318. The average Bonchev–Trinajstić information content (AvgIpc) is 2.68. The second-order valence-electron chi connectivity index (χ2n) is 4.87. The fraction of sp³-hybridized carbons (Fsp3) is 0.571. The highest BCUT2D eigenvalue weighted by Crippen LogP contribution is 2.17. The van der Waals surface area contributed by atoms with Crippen LogP contribution in [0.1, 0.15) is 31.7 Å². The maximum Gasteiger partial charge on any atom is 0.0314 e. The third kappa shape index (κ3) is 2.99. The first-order valence-electron chi connectivity index (χ1n) is 6.34. The van der Waals surface area contributed by atoms with E-state index < -0.39 is 0 Å². The van der Waals surface area contributed by atoms with Gasteiger partial charge in [0.15, 0.2) is 0 Å². The predicted molar refractivity (Wildman–Crippen MR) is 69.4 cm³/mol. The van der Waals surface area contributed by atoms with Crippen LogP contribution in [0.3, 0.4) is 0 Å². The zero-order valence-corrected chi connectivity index (χ0v) is 10.2. The van der Waals surface area contributed by atoms with Crippen LogP contribution < -0.4 is 5.73 Å². The van der Waals surface area contributed by atoms with Crippen molar-refractivity contribution in [1.29, 1.82) is 0 Å². The normalized spacial score (nSPS) is 21.4. The first-order chi connectivity index (χ1) is 7.75. The molecule has 0 amide bonds. The van der Waals surface area contributed by atoms with Crippen molar-refractivity contribution in [3.05, 3.63) is 29.8 Å². The zero-order chi connectivity index (χ0) is 11.4. The third-order valence-electron chi connectivity index (χ3n) is 3.58. The van der Waals surface area contributed by atoms with E-state index in [1.165, 1.54) is 44.3 Å². The van der Waals surface area contributed by atoms with E-state index in [0.717, 1.165) is 11.7 Å². The van der Waals surface area contributed by atoms with Crippen LogP contribution in [0.25, 0.3) is 0 Å². The van der Waals surface area contributed by atoms with Crippen molar-refractivity contribution in [2.75, 3.05) is 18.8 Å². The lowest BCUT2D eigenvalue weighted by Gasteiger charge is -2.20. The van der Waals surface area contributed by atoms with E-state index in [9.17, 15) is 0 Å². The van der Waals surface area contributed by atoms with E-state index in [0.29, 0.717) is 0 Å². The summed E-state index contributed by atoms with van der Waals surface area (Å²) < 4.78 is 0. The first kappa shape index (κ1) is 11.5. The van der Waals surface area contributed by atoms with Gasteiger partial charge in [-0.3, -0.25) is 0 Å². The van der Waals surface area contributed by atoms with Crippen LogP contribution >= 0.6 is 0 Å². The van der Waals surface area contributed by atoms with Crippen molar-refractivity contribution in [2.45, 2.75) is 38.6 Å². The molecule has 2 rings (SSSR count). The van der Waals surface area contributed by atoms with Crippen LogP contribution in [0.4, 0.5) is 5.69 Å². The van der Waals surface area contributed by atoms with Crippen molar-refractivity contribution >= 4 is 5.69 Å². The monoisotopic (exact) mass is 218 g/mol. The van der Waals surface area contributed by atoms with E-state index in [4.69, 9.17) is 5.73 Å². The summed E-state index contributed by atoms with van der Waals surface area (Å²) in [6.45, 7) is 4.88. The molecule has 2 nitrogen and oxygen atoms in total. The van der Waals surface area contributed by atoms with Gasteiger partial charge < -0.3 is 10.6 Å². The third-order valence-corrected chi connectivity index (χ3v) is 3.58. The number of nitrogens with two attached hydrogens (primary N) is 1. The van der Waals surface area contributed by atoms with Crippen molar-refractivity contribution in [3.63, 3.8) is 0 Å². The highest BCUT2D eigenvalue weighted by atomic mass is 15.2. The quantitative estimate of drug-likeness (QED) is 0.787. The summed E-state index contributed by atoms with van der Waals surface area (Å²) in [6.07, 6.45) is 5.18. The van der Waals surface area contributed by atoms with Crippen molar-refractivity contribution in [2.24, 2.45) is 0 Å². The molecule has 1 aliphatic heterocycles.